The van der Waals surface area contributed by atoms with Gasteiger partial charge >= 0.3 is 0 Å². The Balaban J connectivity index is 1.06. The first-order chi connectivity index (χ1) is 31.2. The molecule has 292 valence electrons. The standard InChI is InChI=1S/C57H30ClN3S2/c58-56-59-51-40-18-6-12-24-48(40)63-54(51)55(60-56)61-46-22-10-4-16-38(46)49-41-29-31(26-28-37(41)53-50(52(49)61)39-17-5-11-23-47(39)62-53)32-25-27-36-35-15-3-9-21-44(35)57(45(36)30-32)42-19-7-1-13-33(42)34-14-2-8-20-43(34)57/h1-30H. The Kier molecular flexibility index (Phi) is 6.71. The summed E-state index contributed by atoms with van der Waals surface area (Å²) in [4.78, 5) is 9.94. The summed E-state index contributed by atoms with van der Waals surface area (Å²) in [7, 11) is 0. The predicted octanol–water partition coefficient (Wildman–Crippen LogP) is 16.1. The highest BCUT2D eigenvalue weighted by Gasteiger charge is 2.51. The Hall–Kier alpha value is -7.15. The lowest BCUT2D eigenvalue weighted by Crippen LogP contribution is -2.25. The molecular formula is C57H30ClN3S2. The molecule has 0 aliphatic heterocycles. The van der Waals surface area contributed by atoms with Gasteiger partial charge in [0.2, 0.25) is 5.28 Å². The summed E-state index contributed by atoms with van der Waals surface area (Å²) in [6.45, 7) is 0. The molecule has 0 atom stereocenters. The van der Waals surface area contributed by atoms with Gasteiger partial charge in [-0.3, -0.25) is 4.57 Å². The van der Waals surface area contributed by atoms with Crippen LogP contribution in [0.15, 0.2) is 182 Å². The number of aromatic nitrogens is 3. The SMILES string of the molecule is Clc1nc(-n2c3ccccc3c3c4cc(-c5ccc6c(c5)C5(c7ccccc7-c7ccccc75)c5ccccc5-6)ccc4c4sc5ccccc5c4c32)c2sc3ccccc3c2n1. The average Bonchev–Trinajstić information content (AvgIpc) is 4.13. The van der Waals surface area contributed by atoms with Crippen molar-refractivity contribution in [3.05, 3.63) is 210 Å². The topological polar surface area (TPSA) is 30.7 Å². The second-order valence-corrected chi connectivity index (χ2v) is 19.3. The molecule has 4 heterocycles. The van der Waals surface area contributed by atoms with Crippen LogP contribution >= 0.6 is 34.3 Å². The Bertz CT molecular complexity index is 4130. The molecule has 6 heteroatoms. The van der Waals surface area contributed by atoms with Crippen molar-refractivity contribution in [2.75, 3.05) is 0 Å². The molecule has 3 nitrogen and oxygen atoms in total. The van der Waals surface area contributed by atoms with Crippen LogP contribution in [0.1, 0.15) is 22.3 Å². The number of nitrogens with zero attached hydrogens (tertiary/aromatic N) is 3. The lowest BCUT2D eigenvalue weighted by atomic mass is 9.70. The largest absolute Gasteiger partial charge is 0.292 e. The molecule has 0 fully saturated rings. The maximum atomic E-state index is 6.92. The first-order valence-corrected chi connectivity index (χ1v) is 23.3. The molecule has 4 aromatic heterocycles. The van der Waals surface area contributed by atoms with E-state index >= 15 is 0 Å². The minimum atomic E-state index is -0.410. The van der Waals surface area contributed by atoms with E-state index in [0.29, 0.717) is 0 Å². The fraction of sp³-hybridized carbons (Fsp3) is 0.0175. The minimum absolute atomic E-state index is 0.241. The van der Waals surface area contributed by atoms with Gasteiger partial charge in [0.15, 0.2) is 5.82 Å². The highest BCUT2D eigenvalue weighted by molar-refractivity contribution is 7.27. The fourth-order valence-electron chi connectivity index (χ4n) is 11.5. The molecule has 0 saturated heterocycles. The smallest absolute Gasteiger partial charge is 0.225 e. The number of benzene rings is 9. The van der Waals surface area contributed by atoms with Crippen LogP contribution in [-0.2, 0) is 5.41 Å². The van der Waals surface area contributed by atoms with Crippen LogP contribution in [0.5, 0.6) is 0 Å². The van der Waals surface area contributed by atoms with E-state index in [0.717, 1.165) is 37.2 Å². The van der Waals surface area contributed by atoms with E-state index in [4.69, 9.17) is 21.6 Å². The van der Waals surface area contributed by atoms with Crippen LogP contribution < -0.4 is 0 Å². The number of hydrogen-bond acceptors (Lipinski definition) is 4. The van der Waals surface area contributed by atoms with Crippen molar-refractivity contribution in [2.24, 2.45) is 0 Å². The summed E-state index contributed by atoms with van der Waals surface area (Å²) >= 11 is 10.5. The van der Waals surface area contributed by atoms with Gasteiger partial charge in [-0.15, -0.1) is 22.7 Å². The highest BCUT2D eigenvalue weighted by atomic mass is 35.5. The third-order valence-corrected chi connectivity index (χ3v) is 16.5. The maximum absolute atomic E-state index is 6.92. The molecule has 2 aliphatic carbocycles. The number of thiophene rings is 2. The predicted molar refractivity (Wildman–Crippen MR) is 266 cm³/mol. The van der Waals surface area contributed by atoms with Crippen LogP contribution in [0.2, 0.25) is 5.28 Å². The van der Waals surface area contributed by atoms with Crippen molar-refractivity contribution in [3.8, 4) is 39.2 Å². The van der Waals surface area contributed by atoms with Gasteiger partial charge in [-0.05, 0) is 103 Å². The molecule has 13 aromatic rings. The van der Waals surface area contributed by atoms with Crippen LogP contribution in [0, 0.1) is 0 Å². The first-order valence-electron chi connectivity index (χ1n) is 21.3. The van der Waals surface area contributed by atoms with Gasteiger partial charge in [0.05, 0.1) is 26.7 Å². The number of rotatable bonds is 2. The zero-order valence-corrected chi connectivity index (χ0v) is 35.7. The van der Waals surface area contributed by atoms with Gasteiger partial charge in [0.1, 0.15) is 0 Å². The molecule has 2 aliphatic rings. The molecule has 0 bridgehead atoms. The Labute approximate surface area is 373 Å². The molecule has 63 heavy (non-hydrogen) atoms. The quantitative estimate of drug-likeness (QED) is 0.162. The van der Waals surface area contributed by atoms with Crippen LogP contribution in [0.25, 0.3) is 112 Å². The molecule has 0 radical (unpaired) electrons. The summed E-state index contributed by atoms with van der Waals surface area (Å²) < 4.78 is 7.10. The van der Waals surface area contributed by atoms with Gasteiger partial charge in [0, 0.05) is 46.4 Å². The minimum Gasteiger partial charge on any atom is -0.292 e. The molecular weight excluding hydrogens is 826 g/mol. The Morgan fingerprint density at radius 3 is 1.71 bits per heavy atom. The van der Waals surface area contributed by atoms with Gasteiger partial charge in [-0.2, -0.15) is 4.98 Å². The average molecular weight is 856 g/mol. The van der Waals surface area contributed by atoms with Crippen molar-refractivity contribution < 1.29 is 0 Å². The fourth-order valence-corrected chi connectivity index (χ4v) is 14.1. The van der Waals surface area contributed by atoms with Gasteiger partial charge in [-0.1, -0.05) is 152 Å². The van der Waals surface area contributed by atoms with E-state index < -0.39 is 5.41 Å². The van der Waals surface area contributed by atoms with Crippen LogP contribution in [0.3, 0.4) is 0 Å². The lowest BCUT2D eigenvalue weighted by Gasteiger charge is -2.30. The van der Waals surface area contributed by atoms with Crippen molar-refractivity contribution in [1.82, 2.24) is 14.5 Å². The molecule has 0 N–H and O–H groups in total. The summed E-state index contributed by atoms with van der Waals surface area (Å²) in [6, 6.07) is 67.6. The zero-order valence-electron chi connectivity index (χ0n) is 33.4. The summed E-state index contributed by atoms with van der Waals surface area (Å²) in [6.07, 6.45) is 0. The first kappa shape index (κ1) is 34.4. The molecule has 0 amide bonds. The van der Waals surface area contributed by atoms with Crippen molar-refractivity contribution in [3.63, 3.8) is 0 Å². The van der Waals surface area contributed by atoms with Gasteiger partial charge in [-0.25, -0.2) is 4.98 Å². The van der Waals surface area contributed by atoms with E-state index in [-0.39, 0.29) is 5.28 Å². The van der Waals surface area contributed by atoms with Crippen molar-refractivity contribution in [2.45, 2.75) is 5.41 Å². The van der Waals surface area contributed by atoms with E-state index in [9.17, 15) is 0 Å². The summed E-state index contributed by atoms with van der Waals surface area (Å²) in [5.41, 5.74) is 15.7. The number of fused-ring (bicyclic) bond motifs is 23. The lowest BCUT2D eigenvalue weighted by molar-refractivity contribution is 0.794. The normalized spacial score (nSPS) is 13.6. The van der Waals surface area contributed by atoms with Crippen LogP contribution in [0.4, 0.5) is 0 Å². The van der Waals surface area contributed by atoms with E-state index in [1.54, 1.807) is 11.3 Å². The molecule has 0 saturated carbocycles. The van der Waals surface area contributed by atoms with Gasteiger partial charge < -0.3 is 0 Å². The Morgan fingerprint density at radius 2 is 0.984 bits per heavy atom. The van der Waals surface area contributed by atoms with E-state index in [1.165, 1.54) is 97.4 Å². The van der Waals surface area contributed by atoms with Gasteiger partial charge in [0.25, 0.3) is 0 Å². The molecule has 1 spiro atoms. The number of halogens is 1. The molecule has 15 rings (SSSR count). The maximum Gasteiger partial charge on any atom is 0.225 e. The monoisotopic (exact) mass is 855 g/mol. The third-order valence-electron chi connectivity index (χ3n) is 14.0. The molecule has 9 aromatic carbocycles. The second kappa shape index (κ2) is 12.3. The Morgan fingerprint density at radius 1 is 0.429 bits per heavy atom. The van der Waals surface area contributed by atoms with Crippen LogP contribution in [-0.4, -0.2) is 14.5 Å². The molecule has 0 unspecified atom stereocenters. The van der Waals surface area contributed by atoms with Crippen molar-refractivity contribution in [1.29, 1.82) is 0 Å². The van der Waals surface area contributed by atoms with Crippen molar-refractivity contribution >= 4 is 107 Å². The van der Waals surface area contributed by atoms with E-state index in [1.807, 2.05) is 11.3 Å². The zero-order chi connectivity index (χ0) is 41.1. The number of para-hydroxylation sites is 1. The highest BCUT2D eigenvalue weighted by Crippen LogP contribution is 2.63. The summed E-state index contributed by atoms with van der Waals surface area (Å²) in [5, 5.41) is 8.68. The summed E-state index contributed by atoms with van der Waals surface area (Å²) in [5.74, 6) is 0.810. The third kappa shape index (κ3) is 4.30. The second-order valence-electron chi connectivity index (χ2n) is 16.9. The number of hydrogen-bond donors (Lipinski definition) is 0. The van der Waals surface area contributed by atoms with E-state index in [2.05, 4.69) is 187 Å².